The Kier molecular flexibility index (Phi) is 2.21. The fourth-order valence-corrected chi connectivity index (χ4v) is 2.32. The van der Waals surface area contributed by atoms with Crippen LogP contribution in [-0.4, -0.2) is 20.9 Å². The Morgan fingerprint density at radius 2 is 2.29 bits per heavy atom. The van der Waals surface area contributed by atoms with Crippen molar-refractivity contribution < 1.29 is 9.90 Å². The van der Waals surface area contributed by atoms with Gasteiger partial charge in [0.2, 0.25) is 0 Å². The lowest BCUT2D eigenvalue weighted by Crippen LogP contribution is -1.96. The molecule has 2 heterocycles. The molecule has 0 saturated heterocycles. The van der Waals surface area contributed by atoms with Crippen molar-refractivity contribution in [2.75, 3.05) is 0 Å². The molecule has 1 aliphatic heterocycles. The molecular formula is C13H12N2O2. The summed E-state index contributed by atoms with van der Waals surface area (Å²) in [5, 5.41) is 13.3. The van der Waals surface area contributed by atoms with Gasteiger partial charge in [-0.15, -0.1) is 0 Å². The lowest BCUT2D eigenvalue weighted by Gasteiger charge is -2.02. The van der Waals surface area contributed by atoms with Crippen LogP contribution in [0.4, 0.5) is 0 Å². The van der Waals surface area contributed by atoms with E-state index in [1.165, 1.54) is 5.69 Å². The number of carboxylic acids is 1. The summed E-state index contributed by atoms with van der Waals surface area (Å²) >= 11 is 0. The minimum Gasteiger partial charge on any atom is -0.478 e. The molecule has 0 amide bonds. The Hall–Kier alpha value is -2.10. The Balaban J connectivity index is 2.09. The number of nitrogens with zero attached hydrogens (tertiary/aromatic N) is 2. The van der Waals surface area contributed by atoms with Crippen molar-refractivity contribution in [3.8, 4) is 11.1 Å². The van der Waals surface area contributed by atoms with Crippen molar-refractivity contribution in [3.05, 3.63) is 41.7 Å². The van der Waals surface area contributed by atoms with Gasteiger partial charge in [-0.05, 0) is 30.5 Å². The SMILES string of the molecule is O=C(O)c1cccc(-c2cnn3c2CCC3)c1. The van der Waals surface area contributed by atoms with E-state index in [1.54, 1.807) is 18.2 Å². The average Bonchev–Trinajstić information content (AvgIpc) is 2.90. The van der Waals surface area contributed by atoms with Crippen LogP contribution in [0.15, 0.2) is 30.5 Å². The van der Waals surface area contributed by atoms with Crippen LogP contribution in [0, 0.1) is 0 Å². The predicted molar refractivity (Wildman–Crippen MR) is 62.9 cm³/mol. The Morgan fingerprint density at radius 3 is 3.12 bits per heavy atom. The third kappa shape index (κ3) is 1.62. The minimum atomic E-state index is -0.893. The summed E-state index contributed by atoms with van der Waals surface area (Å²) in [7, 11) is 0. The summed E-state index contributed by atoms with van der Waals surface area (Å²) < 4.78 is 2.00. The molecule has 0 bridgehead atoms. The van der Waals surface area contributed by atoms with E-state index in [-0.39, 0.29) is 0 Å². The highest BCUT2D eigenvalue weighted by atomic mass is 16.4. The molecule has 0 unspecified atom stereocenters. The monoisotopic (exact) mass is 228 g/mol. The first-order valence-corrected chi connectivity index (χ1v) is 5.64. The van der Waals surface area contributed by atoms with Crippen LogP contribution in [0.5, 0.6) is 0 Å². The van der Waals surface area contributed by atoms with Gasteiger partial charge in [0.1, 0.15) is 0 Å². The van der Waals surface area contributed by atoms with Crippen molar-refractivity contribution in [3.63, 3.8) is 0 Å². The van der Waals surface area contributed by atoms with Crippen molar-refractivity contribution in [2.45, 2.75) is 19.4 Å². The molecule has 2 aromatic rings. The van der Waals surface area contributed by atoms with Crippen LogP contribution >= 0.6 is 0 Å². The fourth-order valence-electron chi connectivity index (χ4n) is 2.32. The van der Waals surface area contributed by atoms with E-state index in [1.807, 2.05) is 16.9 Å². The maximum absolute atomic E-state index is 10.9. The molecule has 0 saturated carbocycles. The predicted octanol–water partition coefficient (Wildman–Crippen LogP) is 2.19. The minimum absolute atomic E-state index is 0.320. The van der Waals surface area contributed by atoms with E-state index in [4.69, 9.17) is 5.11 Å². The van der Waals surface area contributed by atoms with Crippen LogP contribution in [-0.2, 0) is 13.0 Å². The number of aryl methyl sites for hydroxylation is 1. The third-order valence-corrected chi connectivity index (χ3v) is 3.15. The van der Waals surface area contributed by atoms with Crippen molar-refractivity contribution >= 4 is 5.97 Å². The maximum Gasteiger partial charge on any atom is 0.335 e. The van der Waals surface area contributed by atoms with Crippen LogP contribution in [0.25, 0.3) is 11.1 Å². The molecule has 0 aliphatic carbocycles. The molecule has 1 aliphatic rings. The van der Waals surface area contributed by atoms with Crippen LogP contribution in [0.3, 0.4) is 0 Å². The molecule has 1 N–H and O–H groups in total. The van der Waals surface area contributed by atoms with Gasteiger partial charge < -0.3 is 5.11 Å². The second-order valence-electron chi connectivity index (χ2n) is 4.22. The molecular weight excluding hydrogens is 216 g/mol. The number of benzene rings is 1. The highest BCUT2D eigenvalue weighted by Crippen LogP contribution is 2.28. The smallest absolute Gasteiger partial charge is 0.335 e. The van der Waals surface area contributed by atoms with E-state index in [2.05, 4.69) is 5.10 Å². The van der Waals surface area contributed by atoms with Gasteiger partial charge in [0, 0.05) is 17.8 Å². The number of hydrogen-bond donors (Lipinski definition) is 1. The van der Waals surface area contributed by atoms with E-state index in [9.17, 15) is 4.79 Å². The molecule has 17 heavy (non-hydrogen) atoms. The molecule has 0 fully saturated rings. The van der Waals surface area contributed by atoms with E-state index >= 15 is 0 Å². The van der Waals surface area contributed by atoms with Crippen molar-refractivity contribution in [2.24, 2.45) is 0 Å². The molecule has 1 aromatic carbocycles. The molecule has 4 nitrogen and oxygen atoms in total. The van der Waals surface area contributed by atoms with Gasteiger partial charge >= 0.3 is 5.97 Å². The topological polar surface area (TPSA) is 55.1 Å². The highest BCUT2D eigenvalue weighted by Gasteiger charge is 2.17. The lowest BCUT2D eigenvalue weighted by molar-refractivity contribution is 0.0697. The van der Waals surface area contributed by atoms with Gasteiger partial charge in [0.25, 0.3) is 0 Å². The van der Waals surface area contributed by atoms with E-state index < -0.39 is 5.97 Å². The zero-order valence-corrected chi connectivity index (χ0v) is 9.26. The van der Waals surface area contributed by atoms with Gasteiger partial charge in [-0.1, -0.05) is 12.1 Å². The molecule has 3 rings (SSSR count). The Morgan fingerprint density at radius 1 is 1.41 bits per heavy atom. The second kappa shape index (κ2) is 3.73. The van der Waals surface area contributed by atoms with Gasteiger partial charge in [-0.25, -0.2) is 4.79 Å². The summed E-state index contributed by atoms with van der Waals surface area (Å²) in [5.74, 6) is -0.893. The first-order valence-electron chi connectivity index (χ1n) is 5.64. The first kappa shape index (κ1) is 10.1. The zero-order chi connectivity index (χ0) is 11.8. The number of hydrogen-bond acceptors (Lipinski definition) is 2. The van der Waals surface area contributed by atoms with Gasteiger partial charge in [0.15, 0.2) is 0 Å². The summed E-state index contributed by atoms with van der Waals surface area (Å²) in [6, 6.07) is 7.02. The number of aromatic nitrogens is 2. The zero-order valence-electron chi connectivity index (χ0n) is 9.26. The highest BCUT2D eigenvalue weighted by molar-refractivity contribution is 5.89. The summed E-state index contributed by atoms with van der Waals surface area (Å²) in [4.78, 5) is 10.9. The van der Waals surface area contributed by atoms with Crippen molar-refractivity contribution in [1.82, 2.24) is 9.78 Å². The molecule has 4 heteroatoms. The van der Waals surface area contributed by atoms with Gasteiger partial charge in [-0.3, -0.25) is 4.68 Å². The van der Waals surface area contributed by atoms with Crippen LogP contribution in [0.1, 0.15) is 22.5 Å². The number of carboxylic acid groups (broad SMARTS) is 1. The van der Waals surface area contributed by atoms with E-state index in [0.717, 1.165) is 30.5 Å². The molecule has 86 valence electrons. The van der Waals surface area contributed by atoms with Gasteiger partial charge in [0.05, 0.1) is 11.8 Å². The Labute approximate surface area is 98.5 Å². The molecule has 0 atom stereocenters. The van der Waals surface area contributed by atoms with Crippen LogP contribution in [0.2, 0.25) is 0 Å². The lowest BCUT2D eigenvalue weighted by atomic mass is 10.0. The van der Waals surface area contributed by atoms with Crippen LogP contribution < -0.4 is 0 Å². The standard InChI is InChI=1S/C13H12N2O2/c16-13(17)10-4-1-3-9(7-10)11-8-14-15-6-2-5-12(11)15/h1,3-4,7-8H,2,5-6H2,(H,16,17). The normalized spacial score (nSPS) is 13.6. The quantitative estimate of drug-likeness (QED) is 0.857. The summed E-state index contributed by atoms with van der Waals surface area (Å²) in [5.41, 5.74) is 3.53. The number of rotatable bonds is 2. The summed E-state index contributed by atoms with van der Waals surface area (Å²) in [6.45, 7) is 0.966. The number of carbonyl (C=O) groups is 1. The molecule has 0 spiro atoms. The maximum atomic E-state index is 10.9. The van der Waals surface area contributed by atoms with Gasteiger partial charge in [-0.2, -0.15) is 5.10 Å². The number of aromatic carboxylic acids is 1. The second-order valence-corrected chi connectivity index (χ2v) is 4.22. The Bertz CT molecular complexity index is 587. The van der Waals surface area contributed by atoms with Crippen molar-refractivity contribution in [1.29, 1.82) is 0 Å². The third-order valence-electron chi connectivity index (χ3n) is 3.15. The summed E-state index contributed by atoms with van der Waals surface area (Å²) in [6.07, 6.45) is 3.97. The van der Waals surface area contributed by atoms with E-state index in [0.29, 0.717) is 5.56 Å². The average molecular weight is 228 g/mol. The largest absolute Gasteiger partial charge is 0.478 e. The number of fused-ring (bicyclic) bond motifs is 1. The molecule has 0 radical (unpaired) electrons. The molecule has 1 aromatic heterocycles. The first-order chi connectivity index (χ1) is 8.25. The fraction of sp³-hybridized carbons (Fsp3) is 0.231.